The van der Waals surface area contributed by atoms with Crippen LogP contribution < -0.4 is 19.7 Å². The number of aryl methyl sites for hydroxylation is 1. The van der Waals surface area contributed by atoms with Crippen molar-refractivity contribution in [2.24, 2.45) is 5.92 Å². The summed E-state index contributed by atoms with van der Waals surface area (Å²) in [7, 11) is 3.10. The van der Waals surface area contributed by atoms with E-state index in [2.05, 4.69) is 5.32 Å². The van der Waals surface area contributed by atoms with Gasteiger partial charge in [-0.1, -0.05) is 12.1 Å². The molecule has 0 spiro atoms. The van der Waals surface area contributed by atoms with Gasteiger partial charge in [0.15, 0.2) is 0 Å². The van der Waals surface area contributed by atoms with Crippen molar-refractivity contribution in [1.82, 2.24) is 0 Å². The fourth-order valence-corrected chi connectivity index (χ4v) is 3.07. The smallest absolute Gasteiger partial charge is 0.229 e. The second-order valence-electron chi connectivity index (χ2n) is 6.30. The van der Waals surface area contributed by atoms with Gasteiger partial charge >= 0.3 is 0 Å². The fourth-order valence-electron chi connectivity index (χ4n) is 3.07. The Balaban J connectivity index is 1.72. The minimum Gasteiger partial charge on any atom is -0.497 e. The van der Waals surface area contributed by atoms with Gasteiger partial charge in [-0.3, -0.25) is 9.59 Å². The topological polar surface area (TPSA) is 67.9 Å². The number of benzene rings is 2. The van der Waals surface area contributed by atoms with E-state index in [9.17, 15) is 9.59 Å². The Morgan fingerprint density at radius 2 is 1.96 bits per heavy atom. The third-order valence-corrected chi connectivity index (χ3v) is 4.48. The molecule has 2 aromatic carbocycles. The van der Waals surface area contributed by atoms with Gasteiger partial charge in [0.1, 0.15) is 11.5 Å². The largest absolute Gasteiger partial charge is 0.497 e. The van der Waals surface area contributed by atoms with E-state index in [0.717, 1.165) is 11.3 Å². The van der Waals surface area contributed by atoms with Gasteiger partial charge in [-0.05, 0) is 36.8 Å². The maximum Gasteiger partial charge on any atom is 0.229 e. The molecule has 0 unspecified atom stereocenters. The van der Waals surface area contributed by atoms with Crippen LogP contribution in [0.1, 0.15) is 12.0 Å². The summed E-state index contributed by atoms with van der Waals surface area (Å²) in [6.07, 6.45) is 0.193. The summed E-state index contributed by atoms with van der Waals surface area (Å²) in [6, 6.07) is 12.9. The van der Waals surface area contributed by atoms with Crippen molar-refractivity contribution < 1.29 is 19.1 Å². The molecule has 3 rings (SSSR count). The summed E-state index contributed by atoms with van der Waals surface area (Å²) in [4.78, 5) is 26.7. The molecule has 0 aliphatic carbocycles. The van der Waals surface area contributed by atoms with E-state index in [1.807, 2.05) is 31.2 Å². The van der Waals surface area contributed by atoms with Gasteiger partial charge < -0.3 is 19.7 Å². The lowest BCUT2D eigenvalue weighted by atomic mass is 10.1. The maximum absolute atomic E-state index is 12.6. The molecule has 1 N–H and O–H groups in total. The number of rotatable bonds is 5. The van der Waals surface area contributed by atoms with E-state index in [4.69, 9.17) is 9.47 Å². The number of methoxy groups -OCH3 is 2. The number of nitrogens with one attached hydrogen (secondary N) is 1. The molecule has 26 heavy (non-hydrogen) atoms. The average Bonchev–Trinajstić information content (AvgIpc) is 3.04. The van der Waals surface area contributed by atoms with Gasteiger partial charge in [0.05, 0.1) is 25.8 Å². The zero-order valence-corrected chi connectivity index (χ0v) is 15.1. The van der Waals surface area contributed by atoms with Gasteiger partial charge in [-0.15, -0.1) is 0 Å². The van der Waals surface area contributed by atoms with Crippen molar-refractivity contribution in [3.8, 4) is 11.5 Å². The third-order valence-electron chi connectivity index (χ3n) is 4.48. The van der Waals surface area contributed by atoms with Gasteiger partial charge in [0.25, 0.3) is 0 Å². The molecule has 1 fully saturated rings. The second-order valence-corrected chi connectivity index (χ2v) is 6.30. The Hall–Kier alpha value is -3.02. The molecule has 1 heterocycles. The molecule has 0 radical (unpaired) electrons. The van der Waals surface area contributed by atoms with Crippen LogP contribution in [0.25, 0.3) is 0 Å². The Labute approximate surface area is 152 Å². The van der Waals surface area contributed by atoms with E-state index < -0.39 is 5.92 Å². The molecule has 1 aliphatic rings. The van der Waals surface area contributed by atoms with Crippen molar-refractivity contribution >= 4 is 23.2 Å². The molecule has 1 atom stereocenters. The van der Waals surface area contributed by atoms with Crippen LogP contribution in [0, 0.1) is 12.8 Å². The zero-order chi connectivity index (χ0) is 18.7. The number of ether oxygens (including phenoxy) is 2. The number of nitrogens with zero attached hydrogens (tertiary/aromatic N) is 1. The van der Waals surface area contributed by atoms with Crippen LogP contribution in [0.5, 0.6) is 11.5 Å². The van der Waals surface area contributed by atoms with Crippen molar-refractivity contribution in [2.45, 2.75) is 13.3 Å². The summed E-state index contributed by atoms with van der Waals surface area (Å²) >= 11 is 0. The number of amides is 2. The summed E-state index contributed by atoms with van der Waals surface area (Å²) < 4.78 is 10.5. The van der Waals surface area contributed by atoms with Crippen molar-refractivity contribution in [1.29, 1.82) is 0 Å². The predicted octanol–water partition coefficient (Wildman–Crippen LogP) is 3.00. The Kier molecular flexibility index (Phi) is 5.11. The van der Waals surface area contributed by atoms with Crippen LogP contribution >= 0.6 is 0 Å². The first-order valence-electron chi connectivity index (χ1n) is 8.41. The molecule has 6 nitrogen and oxygen atoms in total. The first kappa shape index (κ1) is 17.8. The summed E-state index contributed by atoms with van der Waals surface area (Å²) in [5.41, 5.74) is 2.46. The van der Waals surface area contributed by atoms with Gasteiger partial charge in [0, 0.05) is 24.7 Å². The van der Waals surface area contributed by atoms with Crippen LogP contribution in [-0.4, -0.2) is 32.6 Å². The maximum atomic E-state index is 12.6. The van der Waals surface area contributed by atoms with E-state index in [0.29, 0.717) is 23.7 Å². The van der Waals surface area contributed by atoms with Gasteiger partial charge in [0.2, 0.25) is 11.8 Å². The Morgan fingerprint density at radius 3 is 2.65 bits per heavy atom. The predicted molar refractivity (Wildman–Crippen MR) is 99.8 cm³/mol. The molecule has 0 aromatic heterocycles. The molecule has 0 saturated carbocycles. The summed E-state index contributed by atoms with van der Waals surface area (Å²) in [6.45, 7) is 2.34. The Bertz CT molecular complexity index is 834. The normalized spacial score (nSPS) is 16.5. The van der Waals surface area contributed by atoms with Crippen molar-refractivity contribution in [2.75, 3.05) is 31.0 Å². The quantitative estimate of drug-likeness (QED) is 0.896. The van der Waals surface area contributed by atoms with Crippen molar-refractivity contribution in [3.05, 3.63) is 48.0 Å². The standard InChI is InChI=1S/C20H22N2O4/c1-13-5-4-6-15(9-13)22-12-14(10-19(22)23)20(24)21-17-8-7-16(25-2)11-18(17)26-3/h4-9,11,14H,10,12H2,1-3H3,(H,21,24)/t14-/m0/s1. The number of hydrogen-bond donors (Lipinski definition) is 1. The second kappa shape index (κ2) is 7.47. The number of anilines is 2. The van der Waals surface area contributed by atoms with Crippen LogP contribution in [0.2, 0.25) is 0 Å². The van der Waals surface area contributed by atoms with Crippen LogP contribution in [0.15, 0.2) is 42.5 Å². The Morgan fingerprint density at radius 1 is 1.15 bits per heavy atom. The lowest BCUT2D eigenvalue weighted by Gasteiger charge is -2.17. The van der Waals surface area contributed by atoms with E-state index >= 15 is 0 Å². The van der Waals surface area contributed by atoms with Crippen LogP contribution in [0.3, 0.4) is 0 Å². The molecule has 0 bridgehead atoms. The zero-order valence-electron chi connectivity index (χ0n) is 15.1. The molecular formula is C20H22N2O4. The van der Waals surface area contributed by atoms with Crippen LogP contribution in [0.4, 0.5) is 11.4 Å². The molecule has 1 saturated heterocycles. The molecule has 6 heteroatoms. The highest BCUT2D eigenvalue weighted by molar-refractivity contribution is 6.04. The van der Waals surface area contributed by atoms with E-state index in [1.165, 1.54) is 7.11 Å². The SMILES string of the molecule is COc1ccc(NC(=O)[C@H]2CC(=O)N(c3cccc(C)c3)C2)c(OC)c1. The summed E-state index contributed by atoms with van der Waals surface area (Å²) in [5, 5.41) is 2.86. The van der Waals surface area contributed by atoms with E-state index in [1.54, 1.807) is 30.2 Å². The highest BCUT2D eigenvalue weighted by atomic mass is 16.5. The first-order chi connectivity index (χ1) is 12.5. The highest BCUT2D eigenvalue weighted by Crippen LogP contribution is 2.31. The molecule has 1 aliphatic heterocycles. The monoisotopic (exact) mass is 354 g/mol. The summed E-state index contributed by atoms with van der Waals surface area (Å²) in [5.74, 6) is 0.503. The fraction of sp³-hybridized carbons (Fsp3) is 0.300. The first-order valence-corrected chi connectivity index (χ1v) is 8.41. The van der Waals surface area contributed by atoms with Gasteiger partial charge in [-0.25, -0.2) is 0 Å². The molecule has 2 amide bonds. The molecule has 2 aromatic rings. The third kappa shape index (κ3) is 3.64. The number of carbonyl (C=O) groups is 2. The van der Waals surface area contributed by atoms with E-state index in [-0.39, 0.29) is 18.2 Å². The van der Waals surface area contributed by atoms with Crippen LogP contribution in [-0.2, 0) is 9.59 Å². The highest BCUT2D eigenvalue weighted by Gasteiger charge is 2.35. The molecular weight excluding hydrogens is 332 g/mol. The minimum atomic E-state index is -0.408. The minimum absolute atomic E-state index is 0.0440. The lowest BCUT2D eigenvalue weighted by Crippen LogP contribution is -2.28. The molecule has 136 valence electrons. The average molecular weight is 354 g/mol. The van der Waals surface area contributed by atoms with Gasteiger partial charge in [-0.2, -0.15) is 0 Å². The lowest BCUT2D eigenvalue weighted by molar-refractivity contribution is -0.122. The van der Waals surface area contributed by atoms with Crippen molar-refractivity contribution in [3.63, 3.8) is 0 Å². The number of hydrogen-bond acceptors (Lipinski definition) is 4. The number of carbonyl (C=O) groups excluding carboxylic acids is 2.